The van der Waals surface area contributed by atoms with E-state index >= 15 is 0 Å². The van der Waals surface area contributed by atoms with E-state index in [4.69, 9.17) is 5.73 Å². The van der Waals surface area contributed by atoms with Crippen LogP contribution in [0.2, 0.25) is 0 Å². The summed E-state index contributed by atoms with van der Waals surface area (Å²) in [5.41, 5.74) is 11.5. The molecule has 0 radical (unpaired) electrons. The zero-order valence-electron chi connectivity index (χ0n) is 20.5. The maximum absolute atomic E-state index is 13.9. The van der Waals surface area contributed by atoms with Crippen LogP contribution in [0, 0.1) is 11.3 Å². The Labute approximate surface area is 215 Å². The van der Waals surface area contributed by atoms with Crippen molar-refractivity contribution < 1.29 is 4.79 Å². The second kappa shape index (κ2) is 10.00. The fourth-order valence-corrected chi connectivity index (χ4v) is 5.96. The van der Waals surface area contributed by atoms with E-state index in [2.05, 4.69) is 42.4 Å². The predicted molar refractivity (Wildman–Crippen MR) is 148 cm³/mol. The molecule has 0 spiro atoms. The molecule has 0 bridgehead atoms. The number of nitrogens with one attached hydrogen (secondary N) is 1. The van der Waals surface area contributed by atoms with Crippen molar-refractivity contribution in [3.8, 4) is 17.2 Å². The summed E-state index contributed by atoms with van der Waals surface area (Å²) in [6, 6.07) is 20.2. The van der Waals surface area contributed by atoms with E-state index in [1.807, 2.05) is 47.4 Å². The van der Waals surface area contributed by atoms with E-state index in [1.165, 1.54) is 16.9 Å². The Morgan fingerprint density at radius 3 is 2.42 bits per heavy atom. The number of amides is 1. The maximum Gasteiger partial charge on any atom is 0.259 e. The number of nitrogen functional groups attached to an aromatic ring is 1. The highest BCUT2D eigenvalue weighted by atomic mass is 32.1. The Kier molecular flexibility index (Phi) is 6.62. The lowest BCUT2D eigenvalue weighted by atomic mass is 9.99. The van der Waals surface area contributed by atoms with Crippen LogP contribution in [0.15, 0.2) is 54.6 Å². The van der Waals surface area contributed by atoms with Gasteiger partial charge in [0.15, 0.2) is 0 Å². The number of piperidine rings is 1. The zero-order chi connectivity index (χ0) is 25.2. The van der Waals surface area contributed by atoms with Crippen LogP contribution < -0.4 is 11.1 Å². The van der Waals surface area contributed by atoms with Crippen molar-refractivity contribution in [1.29, 1.82) is 5.26 Å². The SMILES string of the molecule is CC(C)c1ccc(Nc2sc3c(-c4ccccc4)c(C#N)c(N)nc3c2C(=O)N2CCCCC2)cc1. The lowest BCUT2D eigenvalue weighted by molar-refractivity contribution is 0.0727. The molecule has 4 aromatic rings. The number of nitriles is 1. The van der Waals surface area contributed by atoms with Gasteiger partial charge in [0.25, 0.3) is 5.91 Å². The van der Waals surface area contributed by atoms with Gasteiger partial charge >= 0.3 is 0 Å². The maximum atomic E-state index is 13.9. The fraction of sp³-hybridized carbons (Fsp3) is 0.276. The molecule has 7 heteroatoms. The molecule has 0 aliphatic carbocycles. The average Bonchev–Trinajstić information content (AvgIpc) is 3.25. The molecule has 1 amide bonds. The molecule has 0 unspecified atom stereocenters. The van der Waals surface area contributed by atoms with E-state index in [0.717, 1.165) is 58.9 Å². The molecule has 5 rings (SSSR count). The van der Waals surface area contributed by atoms with Gasteiger partial charge in [-0.1, -0.05) is 56.3 Å². The number of benzene rings is 2. The van der Waals surface area contributed by atoms with Crippen molar-refractivity contribution in [2.75, 3.05) is 24.1 Å². The van der Waals surface area contributed by atoms with Gasteiger partial charge in [-0.15, -0.1) is 11.3 Å². The highest BCUT2D eigenvalue weighted by molar-refractivity contribution is 7.24. The van der Waals surface area contributed by atoms with Crippen LogP contribution in [-0.4, -0.2) is 28.9 Å². The standard InChI is InChI=1S/C29H29N5OS/c1-18(2)19-11-13-21(14-12-19)32-28-24(29(35)34-15-7-4-8-16-34)25-26(36-28)23(20-9-5-3-6-10-20)22(17-30)27(31)33-25/h3,5-6,9-14,18,32H,4,7-8,15-16H2,1-2H3,(H2,31,33). The molecule has 3 heterocycles. The molecule has 1 aliphatic heterocycles. The molecule has 1 aliphatic rings. The Morgan fingerprint density at radius 1 is 1.08 bits per heavy atom. The number of rotatable bonds is 5. The molecule has 0 atom stereocenters. The summed E-state index contributed by atoms with van der Waals surface area (Å²) < 4.78 is 0.786. The zero-order valence-corrected chi connectivity index (χ0v) is 21.4. The Balaban J connectivity index is 1.72. The van der Waals surface area contributed by atoms with Crippen molar-refractivity contribution in [2.45, 2.75) is 39.0 Å². The molecule has 2 aromatic carbocycles. The van der Waals surface area contributed by atoms with Gasteiger partial charge in [-0.25, -0.2) is 4.98 Å². The van der Waals surface area contributed by atoms with E-state index in [9.17, 15) is 10.1 Å². The number of carbonyl (C=O) groups excluding carboxylic acids is 1. The highest BCUT2D eigenvalue weighted by Crippen LogP contribution is 2.45. The Morgan fingerprint density at radius 2 is 1.78 bits per heavy atom. The Hall–Kier alpha value is -3.89. The third-order valence-corrected chi connectivity index (χ3v) is 7.83. The van der Waals surface area contributed by atoms with Crippen LogP contribution in [0.1, 0.15) is 60.5 Å². The first-order valence-corrected chi connectivity index (χ1v) is 13.2. The summed E-state index contributed by atoms with van der Waals surface area (Å²) in [7, 11) is 0. The van der Waals surface area contributed by atoms with Crippen molar-refractivity contribution in [1.82, 2.24) is 9.88 Å². The average molecular weight is 496 g/mol. The van der Waals surface area contributed by atoms with Crippen LogP contribution >= 0.6 is 11.3 Å². The molecule has 182 valence electrons. The van der Waals surface area contributed by atoms with Crippen molar-refractivity contribution in [3.05, 3.63) is 71.3 Å². The van der Waals surface area contributed by atoms with Crippen molar-refractivity contribution >= 4 is 44.0 Å². The second-order valence-electron chi connectivity index (χ2n) is 9.46. The third kappa shape index (κ3) is 4.40. The predicted octanol–water partition coefficient (Wildman–Crippen LogP) is 6.91. The summed E-state index contributed by atoms with van der Waals surface area (Å²) in [6.07, 6.45) is 3.13. The van der Waals surface area contributed by atoms with Crippen molar-refractivity contribution in [2.24, 2.45) is 0 Å². The number of anilines is 3. The van der Waals surface area contributed by atoms with Gasteiger partial charge in [0.2, 0.25) is 0 Å². The molecule has 1 saturated heterocycles. The molecule has 2 aromatic heterocycles. The van der Waals surface area contributed by atoms with E-state index in [1.54, 1.807) is 0 Å². The summed E-state index contributed by atoms with van der Waals surface area (Å²) >= 11 is 1.45. The number of carbonyl (C=O) groups is 1. The number of likely N-dealkylation sites (tertiary alicyclic amines) is 1. The van der Waals surface area contributed by atoms with E-state index in [0.29, 0.717) is 22.6 Å². The topological polar surface area (TPSA) is 95.0 Å². The lowest BCUT2D eigenvalue weighted by Gasteiger charge is -2.27. The summed E-state index contributed by atoms with van der Waals surface area (Å²) in [5.74, 6) is 0.532. The number of hydrogen-bond acceptors (Lipinski definition) is 6. The molecular formula is C29H29N5OS. The summed E-state index contributed by atoms with van der Waals surface area (Å²) in [5, 5.41) is 14.2. The van der Waals surface area contributed by atoms with Crippen molar-refractivity contribution in [3.63, 3.8) is 0 Å². The Bertz CT molecular complexity index is 1450. The van der Waals surface area contributed by atoms with Gasteiger partial charge < -0.3 is 16.0 Å². The second-order valence-corrected chi connectivity index (χ2v) is 10.5. The smallest absolute Gasteiger partial charge is 0.259 e. The fourth-order valence-electron chi connectivity index (χ4n) is 4.73. The van der Waals surface area contributed by atoms with Crippen LogP contribution in [0.4, 0.5) is 16.5 Å². The lowest BCUT2D eigenvalue weighted by Crippen LogP contribution is -2.35. The molecule has 3 N–H and O–H groups in total. The quantitative estimate of drug-likeness (QED) is 0.314. The molecular weight excluding hydrogens is 466 g/mol. The summed E-state index contributed by atoms with van der Waals surface area (Å²) in [6.45, 7) is 5.79. The number of nitrogens with two attached hydrogens (primary N) is 1. The highest BCUT2D eigenvalue weighted by Gasteiger charge is 2.29. The minimum absolute atomic E-state index is 0.0436. The van der Waals surface area contributed by atoms with Crippen LogP contribution in [0.5, 0.6) is 0 Å². The first-order chi connectivity index (χ1) is 17.5. The van der Waals surface area contributed by atoms with Crippen LogP contribution in [0.3, 0.4) is 0 Å². The van der Waals surface area contributed by atoms with E-state index in [-0.39, 0.29) is 11.7 Å². The number of aromatic nitrogens is 1. The minimum Gasteiger partial charge on any atom is -0.383 e. The largest absolute Gasteiger partial charge is 0.383 e. The van der Waals surface area contributed by atoms with Gasteiger partial charge in [-0.05, 0) is 48.4 Å². The minimum atomic E-state index is -0.0436. The molecule has 6 nitrogen and oxygen atoms in total. The molecule has 36 heavy (non-hydrogen) atoms. The third-order valence-electron chi connectivity index (χ3n) is 6.72. The van der Waals surface area contributed by atoms with Gasteiger partial charge in [0.1, 0.15) is 28.0 Å². The summed E-state index contributed by atoms with van der Waals surface area (Å²) in [4.78, 5) is 20.4. The van der Waals surface area contributed by atoms with Crippen LogP contribution in [0.25, 0.3) is 21.3 Å². The van der Waals surface area contributed by atoms with Crippen LogP contribution in [-0.2, 0) is 0 Å². The molecule has 1 fully saturated rings. The first-order valence-electron chi connectivity index (χ1n) is 12.4. The van der Waals surface area contributed by atoms with Gasteiger partial charge in [0, 0.05) is 24.3 Å². The number of pyridine rings is 1. The molecule has 0 saturated carbocycles. The van der Waals surface area contributed by atoms with Gasteiger partial charge in [0.05, 0.1) is 10.2 Å². The number of thiophene rings is 1. The monoisotopic (exact) mass is 495 g/mol. The normalized spacial score (nSPS) is 13.7. The first kappa shape index (κ1) is 23.8. The van der Waals surface area contributed by atoms with Gasteiger partial charge in [-0.2, -0.15) is 5.26 Å². The van der Waals surface area contributed by atoms with Gasteiger partial charge in [-0.3, -0.25) is 4.79 Å². The number of fused-ring (bicyclic) bond motifs is 1. The number of hydrogen-bond donors (Lipinski definition) is 2. The number of nitrogens with zero attached hydrogens (tertiary/aromatic N) is 3. The van der Waals surface area contributed by atoms with E-state index < -0.39 is 0 Å².